The first kappa shape index (κ1) is 15.5. The molecule has 114 valence electrons. The molecule has 0 aliphatic carbocycles. The Morgan fingerprint density at radius 3 is 2.30 bits per heavy atom. The van der Waals surface area contributed by atoms with Gasteiger partial charge in [0.15, 0.2) is 0 Å². The summed E-state index contributed by atoms with van der Waals surface area (Å²) in [5.41, 5.74) is -1.22. The molecule has 2 fully saturated rings. The Hall–Kier alpha value is -0.910. The minimum absolute atomic E-state index is 0.0280. The van der Waals surface area contributed by atoms with E-state index in [2.05, 4.69) is 5.32 Å². The third-order valence-electron chi connectivity index (χ3n) is 3.69. The zero-order valence-electron chi connectivity index (χ0n) is 12.3. The van der Waals surface area contributed by atoms with E-state index in [-0.39, 0.29) is 6.42 Å². The van der Waals surface area contributed by atoms with Crippen molar-refractivity contribution in [2.45, 2.75) is 74.5 Å². The second kappa shape index (κ2) is 5.47. The van der Waals surface area contributed by atoms with Gasteiger partial charge in [-0.15, -0.1) is 0 Å². The zero-order valence-corrected chi connectivity index (χ0v) is 13.1. The quantitative estimate of drug-likeness (QED) is 0.838. The summed E-state index contributed by atoms with van der Waals surface area (Å²) >= 11 is 1.94. The van der Waals surface area contributed by atoms with Crippen LogP contribution in [0.15, 0.2) is 0 Å². The van der Waals surface area contributed by atoms with Gasteiger partial charge < -0.3 is 15.2 Å². The highest BCUT2D eigenvalue weighted by Gasteiger charge is 2.47. The molecule has 2 rings (SSSR count). The molecule has 0 saturated carbocycles. The Kier molecular flexibility index (Phi) is 4.23. The summed E-state index contributed by atoms with van der Waals surface area (Å²) in [7, 11) is 0. The molecule has 0 aromatic carbocycles. The number of amides is 1. The molecule has 2 aliphatic rings. The van der Waals surface area contributed by atoms with Crippen molar-refractivity contribution in [2.24, 2.45) is 0 Å². The van der Waals surface area contributed by atoms with Crippen LogP contribution in [0.2, 0.25) is 0 Å². The van der Waals surface area contributed by atoms with Gasteiger partial charge in [0.05, 0.1) is 12.0 Å². The van der Waals surface area contributed by atoms with Gasteiger partial charge in [-0.2, -0.15) is 11.8 Å². The number of rotatable bonds is 3. The standard InChI is InChI=1S/C14H23NO4S/c1-13(2,3)19-12(18)15-14(8-11(16)17)6-9-4-5-10(7-14)20-9/h9-10H,4-8H2,1-3H3,(H,15,18)(H,16,17). The number of carbonyl (C=O) groups is 2. The third kappa shape index (κ3) is 4.04. The van der Waals surface area contributed by atoms with Gasteiger partial charge in [0.2, 0.25) is 0 Å². The molecule has 2 saturated heterocycles. The van der Waals surface area contributed by atoms with Crippen LogP contribution in [0, 0.1) is 0 Å². The largest absolute Gasteiger partial charge is 0.481 e. The first-order chi connectivity index (χ1) is 9.17. The van der Waals surface area contributed by atoms with Gasteiger partial charge in [-0.25, -0.2) is 4.79 Å². The number of nitrogens with one attached hydrogen (secondary N) is 1. The molecular formula is C14H23NO4S. The number of carbonyl (C=O) groups excluding carboxylic acids is 1. The number of alkyl carbamates (subject to hydrolysis) is 1. The van der Waals surface area contributed by atoms with E-state index in [0.717, 1.165) is 25.7 Å². The van der Waals surface area contributed by atoms with Gasteiger partial charge in [-0.3, -0.25) is 4.79 Å². The predicted molar refractivity (Wildman–Crippen MR) is 78.0 cm³/mol. The number of aliphatic carboxylic acids is 1. The first-order valence-electron chi connectivity index (χ1n) is 7.06. The molecule has 2 aliphatic heterocycles. The van der Waals surface area contributed by atoms with E-state index >= 15 is 0 Å². The van der Waals surface area contributed by atoms with E-state index in [1.807, 2.05) is 11.8 Å². The summed E-state index contributed by atoms with van der Waals surface area (Å²) in [5, 5.41) is 13.0. The number of thioether (sulfide) groups is 1. The fourth-order valence-corrected chi connectivity index (χ4v) is 5.05. The highest BCUT2D eigenvalue weighted by molar-refractivity contribution is 8.00. The van der Waals surface area contributed by atoms with E-state index in [4.69, 9.17) is 4.74 Å². The maximum atomic E-state index is 12.0. The van der Waals surface area contributed by atoms with Gasteiger partial charge in [-0.1, -0.05) is 0 Å². The monoisotopic (exact) mass is 301 g/mol. The maximum absolute atomic E-state index is 12.0. The molecule has 0 aromatic rings. The van der Waals surface area contributed by atoms with E-state index < -0.39 is 23.2 Å². The van der Waals surface area contributed by atoms with Crippen LogP contribution in [-0.4, -0.2) is 38.8 Å². The number of hydrogen-bond acceptors (Lipinski definition) is 4. The Morgan fingerprint density at radius 1 is 1.30 bits per heavy atom. The maximum Gasteiger partial charge on any atom is 0.408 e. The smallest absolute Gasteiger partial charge is 0.408 e. The predicted octanol–water partition coefficient (Wildman–Crippen LogP) is 2.78. The lowest BCUT2D eigenvalue weighted by atomic mass is 9.86. The average molecular weight is 301 g/mol. The second-order valence-electron chi connectivity index (χ2n) is 6.84. The van der Waals surface area contributed by atoms with Crippen molar-refractivity contribution in [2.75, 3.05) is 0 Å². The molecule has 0 spiro atoms. The second-order valence-corrected chi connectivity index (χ2v) is 8.45. The van der Waals surface area contributed by atoms with Crippen LogP contribution in [-0.2, 0) is 9.53 Å². The van der Waals surface area contributed by atoms with Crippen molar-refractivity contribution in [3.05, 3.63) is 0 Å². The topological polar surface area (TPSA) is 75.6 Å². The third-order valence-corrected chi connectivity index (χ3v) is 5.26. The Balaban J connectivity index is 2.08. The van der Waals surface area contributed by atoms with E-state index in [9.17, 15) is 14.7 Å². The number of carboxylic acid groups (broad SMARTS) is 1. The van der Waals surface area contributed by atoms with Crippen molar-refractivity contribution < 1.29 is 19.4 Å². The highest BCUT2D eigenvalue weighted by atomic mass is 32.2. The molecule has 2 heterocycles. The normalized spacial score (nSPS) is 32.8. The molecule has 6 heteroatoms. The van der Waals surface area contributed by atoms with Crippen molar-refractivity contribution >= 4 is 23.8 Å². The van der Waals surface area contributed by atoms with Crippen molar-refractivity contribution in [3.63, 3.8) is 0 Å². The molecule has 2 N–H and O–H groups in total. The lowest BCUT2D eigenvalue weighted by Gasteiger charge is -2.40. The van der Waals surface area contributed by atoms with Crippen LogP contribution < -0.4 is 5.32 Å². The molecule has 2 atom stereocenters. The zero-order chi connectivity index (χ0) is 15.0. The molecular weight excluding hydrogens is 278 g/mol. The SMILES string of the molecule is CC(C)(C)OC(=O)NC1(CC(=O)O)CC2CCC(C1)S2. The molecule has 0 radical (unpaired) electrons. The minimum Gasteiger partial charge on any atom is -0.481 e. The summed E-state index contributed by atoms with van der Waals surface area (Å²) in [6, 6.07) is 0. The number of fused-ring (bicyclic) bond motifs is 2. The van der Waals surface area contributed by atoms with E-state index in [1.165, 1.54) is 0 Å². The van der Waals surface area contributed by atoms with Crippen LogP contribution in [0.1, 0.15) is 52.9 Å². The van der Waals surface area contributed by atoms with Crippen LogP contribution in [0.25, 0.3) is 0 Å². The first-order valence-corrected chi connectivity index (χ1v) is 8.00. The lowest BCUT2D eigenvalue weighted by molar-refractivity contribution is -0.138. The van der Waals surface area contributed by atoms with Crippen LogP contribution in [0.4, 0.5) is 4.79 Å². The van der Waals surface area contributed by atoms with Gasteiger partial charge in [0.1, 0.15) is 5.60 Å². The van der Waals surface area contributed by atoms with Crippen LogP contribution in [0.5, 0.6) is 0 Å². The van der Waals surface area contributed by atoms with Gasteiger partial charge in [-0.05, 0) is 46.5 Å². The van der Waals surface area contributed by atoms with Crippen molar-refractivity contribution in [3.8, 4) is 0 Å². The van der Waals surface area contributed by atoms with Crippen LogP contribution in [0.3, 0.4) is 0 Å². The number of carboxylic acids is 1. The minimum atomic E-state index is -0.868. The molecule has 5 nitrogen and oxygen atoms in total. The Labute approximate surface area is 123 Å². The molecule has 2 bridgehead atoms. The summed E-state index contributed by atoms with van der Waals surface area (Å²) in [6.07, 6.45) is 3.14. The Morgan fingerprint density at radius 2 is 1.85 bits per heavy atom. The summed E-state index contributed by atoms with van der Waals surface area (Å²) < 4.78 is 5.29. The number of ether oxygens (including phenoxy) is 1. The molecule has 0 aromatic heterocycles. The van der Waals surface area contributed by atoms with Crippen molar-refractivity contribution in [1.82, 2.24) is 5.32 Å². The van der Waals surface area contributed by atoms with Gasteiger partial charge >= 0.3 is 12.1 Å². The summed E-state index contributed by atoms with van der Waals surface area (Å²) in [5.74, 6) is -0.868. The fraction of sp³-hybridized carbons (Fsp3) is 0.857. The summed E-state index contributed by atoms with van der Waals surface area (Å²) in [4.78, 5) is 23.2. The molecule has 20 heavy (non-hydrogen) atoms. The lowest BCUT2D eigenvalue weighted by Crippen LogP contribution is -2.54. The van der Waals surface area contributed by atoms with Crippen molar-refractivity contribution in [1.29, 1.82) is 0 Å². The highest BCUT2D eigenvalue weighted by Crippen LogP contribution is 2.48. The summed E-state index contributed by atoms with van der Waals surface area (Å²) in [6.45, 7) is 5.41. The average Bonchev–Trinajstić information content (AvgIpc) is 2.53. The van der Waals surface area contributed by atoms with E-state index in [1.54, 1.807) is 20.8 Å². The van der Waals surface area contributed by atoms with E-state index in [0.29, 0.717) is 10.5 Å². The van der Waals surface area contributed by atoms with Crippen LogP contribution >= 0.6 is 11.8 Å². The van der Waals surface area contributed by atoms with Gasteiger partial charge in [0.25, 0.3) is 0 Å². The molecule has 2 unspecified atom stereocenters. The molecule has 1 amide bonds. The Bertz CT molecular complexity index is 392. The number of hydrogen-bond donors (Lipinski definition) is 2. The fourth-order valence-electron chi connectivity index (χ4n) is 3.14. The van der Waals surface area contributed by atoms with Gasteiger partial charge in [0, 0.05) is 10.5 Å².